The van der Waals surface area contributed by atoms with Crippen LogP contribution in [0.15, 0.2) is 0 Å². The van der Waals surface area contributed by atoms with Crippen LogP contribution in [0.1, 0.15) is 39.5 Å². The molecule has 0 spiro atoms. The zero-order valence-electron chi connectivity index (χ0n) is 11.8. The van der Waals surface area contributed by atoms with Crippen LogP contribution in [0.2, 0.25) is 0 Å². The van der Waals surface area contributed by atoms with E-state index in [0.29, 0.717) is 19.4 Å². The summed E-state index contributed by atoms with van der Waals surface area (Å²) in [5.41, 5.74) is 0. The fraction of sp³-hybridized carbons (Fsp3) is 0.917. The van der Waals surface area contributed by atoms with Crippen molar-refractivity contribution in [3.05, 3.63) is 0 Å². The van der Waals surface area contributed by atoms with Gasteiger partial charge >= 0.3 is 0 Å². The molecule has 20 heavy (non-hydrogen) atoms. The lowest BCUT2D eigenvalue weighted by Crippen LogP contribution is -2.47. The van der Waals surface area contributed by atoms with Gasteiger partial charge in [0.25, 0.3) is 5.92 Å². The van der Waals surface area contributed by atoms with Gasteiger partial charge in [-0.3, -0.25) is 4.79 Å². The lowest BCUT2D eigenvalue weighted by Gasteiger charge is -2.31. The van der Waals surface area contributed by atoms with Crippen LogP contribution in [0.4, 0.5) is 8.78 Å². The third kappa shape index (κ3) is 4.97. The van der Waals surface area contributed by atoms with E-state index in [-0.39, 0.29) is 12.8 Å². The Labute approximate surface area is 118 Å². The van der Waals surface area contributed by atoms with Crippen molar-refractivity contribution in [3.8, 4) is 0 Å². The standard InChI is InChI=1S/C12H22F2N2O3S/c1-3-15-11(17)9(2)16-20(18,19)8-10-6-4-5-7-12(10,13)14/h9-10,16H,3-8H2,1-2H3,(H,15,17)/t9-,10-/m1/s1. The summed E-state index contributed by atoms with van der Waals surface area (Å²) in [6.07, 6.45) is 0.969. The number of sulfonamides is 1. The van der Waals surface area contributed by atoms with Crippen LogP contribution in [0, 0.1) is 5.92 Å². The van der Waals surface area contributed by atoms with E-state index in [9.17, 15) is 22.0 Å². The zero-order valence-corrected chi connectivity index (χ0v) is 12.6. The van der Waals surface area contributed by atoms with Crippen LogP contribution in [-0.4, -0.2) is 38.6 Å². The maximum absolute atomic E-state index is 13.6. The topological polar surface area (TPSA) is 75.3 Å². The first kappa shape index (κ1) is 17.3. The van der Waals surface area contributed by atoms with Crippen molar-refractivity contribution >= 4 is 15.9 Å². The zero-order chi connectivity index (χ0) is 15.4. The van der Waals surface area contributed by atoms with Gasteiger partial charge in [-0.15, -0.1) is 0 Å². The van der Waals surface area contributed by atoms with Crippen molar-refractivity contribution in [2.75, 3.05) is 12.3 Å². The summed E-state index contributed by atoms with van der Waals surface area (Å²) in [4.78, 5) is 11.5. The van der Waals surface area contributed by atoms with Gasteiger partial charge in [0.05, 0.1) is 11.8 Å². The molecule has 0 radical (unpaired) electrons. The molecule has 2 atom stereocenters. The highest BCUT2D eigenvalue weighted by Crippen LogP contribution is 2.38. The van der Waals surface area contributed by atoms with Gasteiger partial charge < -0.3 is 5.32 Å². The molecule has 1 aliphatic rings. The number of halogens is 2. The Bertz CT molecular complexity index is 440. The minimum Gasteiger partial charge on any atom is -0.355 e. The predicted molar refractivity (Wildman–Crippen MR) is 72.0 cm³/mol. The second kappa shape index (κ2) is 6.80. The van der Waals surface area contributed by atoms with Gasteiger partial charge in [-0.1, -0.05) is 6.42 Å². The lowest BCUT2D eigenvalue weighted by atomic mass is 9.87. The van der Waals surface area contributed by atoms with E-state index < -0.39 is 39.6 Å². The van der Waals surface area contributed by atoms with Crippen molar-refractivity contribution in [3.63, 3.8) is 0 Å². The number of likely N-dealkylation sites (N-methyl/N-ethyl adjacent to an activating group) is 1. The van der Waals surface area contributed by atoms with E-state index in [0.717, 1.165) is 0 Å². The second-order valence-corrected chi connectivity index (χ2v) is 7.02. The Morgan fingerprint density at radius 1 is 1.40 bits per heavy atom. The molecule has 0 bridgehead atoms. The fourth-order valence-electron chi connectivity index (χ4n) is 2.34. The van der Waals surface area contributed by atoms with E-state index in [2.05, 4.69) is 10.0 Å². The van der Waals surface area contributed by atoms with Gasteiger partial charge in [-0.2, -0.15) is 0 Å². The van der Waals surface area contributed by atoms with Crippen LogP contribution in [-0.2, 0) is 14.8 Å². The Kier molecular flexibility index (Phi) is 5.88. The molecule has 0 aromatic carbocycles. The van der Waals surface area contributed by atoms with Crippen LogP contribution < -0.4 is 10.0 Å². The Hall–Kier alpha value is -0.760. The maximum Gasteiger partial charge on any atom is 0.251 e. The second-order valence-electron chi connectivity index (χ2n) is 5.22. The average molecular weight is 312 g/mol. The quantitative estimate of drug-likeness (QED) is 0.775. The van der Waals surface area contributed by atoms with Gasteiger partial charge in [0.1, 0.15) is 0 Å². The number of alkyl halides is 2. The molecule has 1 aliphatic carbocycles. The third-order valence-corrected chi connectivity index (χ3v) is 4.99. The smallest absolute Gasteiger partial charge is 0.251 e. The number of carbonyl (C=O) groups excluding carboxylic acids is 1. The molecule has 0 aliphatic heterocycles. The monoisotopic (exact) mass is 312 g/mol. The van der Waals surface area contributed by atoms with Crippen LogP contribution in [0.25, 0.3) is 0 Å². The van der Waals surface area contributed by atoms with Crippen molar-refractivity contribution in [2.24, 2.45) is 5.92 Å². The minimum absolute atomic E-state index is 0.198. The summed E-state index contributed by atoms with van der Waals surface area (Å²) in [6.45, 7) is 3.48. The highest BCUT2D eigenvalue weighted by atomic mass is 32.2. The van der Waals surface area contributed by atoms with E-state index in [1.807, 2.05) is 0 Å². The maximum atomic E-state index is 13.6. The van der Waals surface area contributed by atoms with Gasteiger partial charge in [0, 0.05) is 18.9 Å². The molecular formula is C12H22F2N2O3S. The van der Waals surface area contributed by atoms with Gasteiger partial charge in [-0.25, -0.2) is 21.9 Å². The fourth-order valence-corrected chi connectivity index (χ4v) is 4.02. The van der Waals surface area contributed by atoms with Gasteiger partial charge in [0.15, 0.2) is 0 Å². The number of rotatable bonds is 6. The molecular weight excluding hydrogens is 290 g/mol. The van der Waals surface area contributed by atoms with Crippen molar-refractivity contribution in [2.45, 2.75) is 51.5 Å². The summed E-state index contributed by atoms with van der Waals surface area (Å²) in [5.74, 6) is -5.22. The van der Waals surface area contributed by atoms with Crippen LogP contribution >= 0.6 is 0 Å². The Morgan fingerprint density at radius 2 is 2.05 bits per heavy atom. The number of carbonyl (C=O) groups is 1. The lowest BCUT2D eigenvalue weighted by molar-refractivity contribution is -0.122. The molecule has 1 amide bonds. The van der Waals surface area contributed by atoms with E-state index in [4.69, 9.17) is 0 Å². The molecule has 5 nitrogen and oxygen atoms in total. The average Bonchev–Trinajstić information content (AvgIpc) is 2.31. The van der Waals surface area contributed by atoms with Crippen molar-refractivity contribution in [1.82, 2.24) is 10.0 Å². The molecule has 2 N–H and O–H groups in total. The first-order valence-electron chi connectivity index (χ1n) is 6.83. The predicted octanol–water partition coefficient (Wildman–Crippen LogP) is 1.26. The Balaban J connectivity index is 2.63. The molecule has 1 rings (SSSR count). The highest BCUT2D eigenvalue weighted by molar-refractivity contribution is 7.89. The van der Waals surface area contributed by atoms with Crippen LogP contribution in [0.5, 0.6) is 0 Å². The van der Waals surface area contributed by atoms with E-state index in [1.54, 1.807) is 6.92 Å². The first-order chi connectivity index (χ1) is 9.18. The molecule has 118 valence electrons. The number of nitrogens with one attached hydrogen (secondary N) is 2. The van der Waals surface area contributed by atoms with Gasteiger partial charge in [0.2, 0.25) is 15.9 Å². The summed E-state index contributed by atoms with van der Waals surface area (Å²) in [7, 11) is -3.91. The van der Waals surface area contributed by atoms with E-state index in [1.165, 1.54) is 6.92 Å². The molecule has 0 aromatic heterocycles. The third-order valence-electron chi connectivity index (χ3n) is 3.43. The van der Waals surface area contributed by atoms with Crippen molar-refractivity contribution in [1.29, 1.82) is 0 Å². The Morgan fingerprint density at radius 3 is 2.60 bits per heavy atom. The van der Waals surface area contributed by atoms with Gasteiger partial charge in [-0.05, 0) is 26.7 Å². The first-order valence-corrected chi connectivity index (χ1v) is 8.48. The SMILES string of the molecule is CCNC(=O)[C@@H](C)NS(=O)(=O)C[C@H]1CCCCC1(F)F. The van der Waals surface area contributed by atoms with Crippen molar-refractivity contribution < 1.29 is 22.0 Å². The molecule has 8 heteroatoms. The molecule has 0 saturated heterocycles. The minimum atomic E-state index is -3.91. The molecule has 1 fully saturated rings. The number of hydrogen-bond acceptors (Lipinski definition) is 3. The normalized spacial score (nSPS) is 24.1. The number of amides is 1. The molecule has 0 unspecified atom stereocenters. The number of hydrogen-bond donors (Lipinski definition) is 2. The molecule has 0 heterocycles. The van der Waals surface area contributed by atoms with E-state index >= 15 is 0 Å². The summed E-state index contributed by atoms with van der Waals surface area (Å²) >= 11 is 0. The summed E-state index contributed by atoms with van der Waals surface area (Å²) in [5, 5.41) is 2.47. The summed E-state index contributed by atoms with van der Waals surface area (Å²) < 4.78 is 53.2. The molecule has 1 saturated carbocycles. The van der Waals surface area contributed by atoms with Crippen LogP contribution in [0.3, 0.4) is 0 Å². The molecule has 0 aromatic rings. The highest BCUT2D eigenvalue weighted by Gasteiger charge is 2.43. The largest absolute Gasteiger partial charge is 0.355 e. The summed E-state index contributed by atoms with van der Waals surface area (Å²) in [6, 6.07) is -0.961.